The zero-order valence-corrected chi connectivity index (χ0v) is 13.6. The summed E-state index contributed by atoms with van der Waals surface area (Å²) in [7, 11) is -3.88. The van der Waals surface area contributed by atoms with E-state index in [-0.39, 0.29) is 17.9 Å². The van der Waals surface area contributed by atoms with E-state index in [1.807, 2.05) is 0 Å². The van der Waals surface area contributed by atoms with Gasteiger partial charge in [0.1, 0.15) is 4.90 Å². The van der Waals surface area contributed by atoms with Crippen LogP contribution in [0, 0.1) is 13.8 Å². The highest BCUT2D eigenvalue weighted by Gasteiger charge is 2.26. The molecule has 21 heavy (non-hydrogen) atoms. The Morgan fingerprint density at radius 1 is 1.38 bits per heavy atom. The van der Waals surface area contributed by atoms with Crippen LogP contribution in [0.25, 0.3) is 0 Å². The lowest BCUT2D eigenvalue weighted by molar-refractivity contribution is -0.137. The van der Waals surface area contributed by atoms with Crippen molar-refractivity contribution < 1.29 is 23.2 Å². The summed E-state index contributed by atoms with van der Waals surface area (Å²) in [4.78, 5) is 17.8. The van der Waals surface area contributed by atoms with Crippen molar-refractivity contribution in [3.8, 4) is 0 Å². The first-order valence-electron chi connectivity index (χ1n) is 6.39. The number of carboxylic acid groups (broad SMARTS) is 1. The van der Waals surface area contributed by atoms with Crippen LogP contribution in [0.15, 0.2) is 4.90 Å². The molecule has 0 aromatic carbocycles. The smallest absolute Gasteiger partial charge is 0.305 e. The number of nitrogens with zero attached hydrogens (tertiary/aromatic N) is 2. The van der Waals surface area contributed by atoms with Gasteiger partial charge in [0.15, 0.2) is 0 Å². The van der Waals surface area contributed by atoms with Gasteiger partial charge in [-0.2, -0.15) is 5.10 Å². The molecule has 0 spiro atoms. The van der Waals surface area contributed by atoms with Crippen molar-refractivity contribution >= 4 is 16.0 Å². The Morgan fingerprint density at radius 3 is 2.43 bits per heavy atom. The Labute approximate surface area is 124 Å². The molecule has 0 fully saturated rings. The first-order chi connectivity index (χ1) is 9.44. The lowest BCUT2D eigenvalue weighted by Gasteiger charge is -2.19. The first kappa shape index (κ1) is 17.6. The normalized spacial score (nSPS) is 12.6. The molecule has 1 aromatic rings. The first-order valence-corrected chi connectivity index (χ1v) is 7.88. The average Bonchev–Trinajstić information content (AvgIpc) is 2.59. The second-order valence-corrected chi connectivity index (χ2v) is 7.25. The molecule has 1 rings (SSSR count). The highest BCUT2D eigenvalue weighted by molar-refractivity contribution is 7.89. The SMILES string of the molecule is Cc1nn(CCC(=O)O)c(C)c1S(=O)(=O)NOC(C)(C)C. The number of aromatic nitrogens is 2. The zero-order chi connectivity index (χ0) is 16.4. The molecule has 120 valence electrons. The highest BCUT2D eigenvalue weighted by Crippen LogP contribution is 2.20. The molecule has 0 unspecified atom stereocenters. The van der Waals surface area contributed by atoms with Gasteiger partial charge in [-0.3, -0.25) is 14.3 Å². The maximum Gasteiger partial charge on any atom is 0.305 e. The van der Waals surface area contributed by atoms with Crippen molar-refractivity contribution in [2.45, 2.75) is 58.1 Å². The van der Waals surface area contributed by atoms with E-state index in [4.69, 9.17) is 9.94 Å². The lowest BCUT2D eigenvalue weighted by Crippen LogP contribution is -2.34. The molecular weight excluding hydrogens is 298 g/mol. The van der Waals surface area contributed by atoms with Crippen LogP contribution in [-0.2, 0) is 26.2 Å². The Bertz CT molecular complexity index is 628. The molecule has 0 atom stereocenters. The van der Waals surface area contributed by atoms with Crippen molar-refractivity contribution in [3.05, 3.63) is 11.4 Å². The molecule has 0 aliphatic carbocycles. The van der Waals surface area contributed by atoms with Crippen LogP contribution in [-0.4, -0.2) is 34.9 Å². The summed E-state index contributed by atoms with van der Waals surface area (Å²) in [5, 5.41) is 12.8. The third kappa shape index (κ3) is 4.80. The van der Waals surface area contributed by atoms with Gasteiger partial charge in [-0.1, -0.05) is 4.89 Å². The minimum atomic E-state index is -3.88. The van der Waals surface area contributed by atoms with Gasteiger partial charge in [0.25, 0.3) is 10.0 Å². The van der Waals surface area contributed by atoms with Crippen molar-refractivity contribution in [1.82, 2.24) is 14.7 Å². The van der Waals surface area contributed by atoms with Crippen LogP contribution in [0.2, 0.25) is 0 Å². The fraction of sp³-hybridized carbons (Fsp3) is 0.667. The second-order valence-electron chi connectivity index (χ2n) is 5.67. The van der Waals surface area contributed by atoms with Gasteiger partial charge in [0, 0.05) is 0 Å². The van der Waals surface area contributed by atoms with E-state index < -0.39 is 21.6 Å². The summed E-state index contributed by atoms with van der Waals surface area (Å²) in [6.45, 7) is 8.38. The van der Waals surface area contributed by atoms with E-state index in [2.05, 4.69) is 9.98 Å². The number of hydrogen-bond donors (Lipinski definition) is 2. The number of hydrogen-bond acceptors (Lipinski definition) is 5. The molecule has 0 saturated carbocycles. The van der Waals surface area contributed by atoms with Gasteiger partial charge in [0.2, 0.25) is 0 Å². The molecule has 8 nitrogen and oxygen atoms in total. The maximum absolute atomic E-state index is 12.3. The van der Waals surface area contributed by atoms with Crippen LogP contribution in [0.1, 0.15) is 38.6 Å². The molecule has 0 radical (unpaired) electrons. The Kier molecular flexibility index (Phi) is 5.13. The highest BCUT2D eigenvalue weighted by atomic mass is 32.2. The monoisotopic (exact) mass is 319 g/mol. The van der Waals surface area contributed by atoms with Crippen LogP contribution in [0.3, 0.4) is 0 Å². The second kappa shape index (κ2) is 6.12. The molecule has 1 heterocycles. The van der Waals surface area contributed by atoms with E-state index in [1.54, 1.807) is 34.6 Å². The molecule has 0 bridgehead atoms. The average molecular weight is 319 g/mol. The quantitative estimate of drug-likeness (QED) is 0.756. The summed E-state index contributed by atoms with van der Waals surface area (Å²) in [5.74, 6) is -0.971. The number of nitrogens with one attached hydrogen (secondary N) is 1. The lowest BCUT2D eigenvalue weighted by atomic mass is 10.2. The van der Waals surface area contributed by atoms with Crippen LogP contribution in [0.4, 0.5) is 0 Å². The molecule has 1 aromatic heterocycles. The van der Waals surface area contributed by atoms with Gasteiger partial charge in [-0.25, -0.2) is 8.42 Å². The molecule has 2 N–H and O–H groups in total. The van der Waals surface area contributed by atoms with E-state index in [9.17, 15) is 13.2 Å². The molecule has 0 saturated heterocycles. The van der Waals surface area contributed by atoms with Crippen LogP contribution < -0.4 is 4.89 Å². The number of rotatable bonds is 6. The minimum absolute atomic E-state index is 0.0112. The standard InChI is InChI=1S/C12H21N3O5S/c1-8-11(21(18,19)14-20-12(3,4)5)9(2)15(13-8)7-6-10(16)17/h14H,6-7H2,1-5H3,(H,16,17). The number of carbonyl (C=O) groups is 1. The van der Waals surface area contributed by atoms with E-state index in [0.29, 0.717) is 11.4 Å². The topological polar surface area (TPSA) is 111 Å². The van der Waals surface area contributed by atoms with Crippen LogP contribution in [0.5, 0.6) is 0 Å². The molecular formula is C12H21N3O5S. The molecule has 0 aliphatic rings. The van der Waals surface area contributed by atoms with Gasteiger partial charge >= 0.3 is 5.97 Å². The summed E-state index contributed by atoms with van der Waals surface area (Å²) in [6, 6.07) is 0. The molecule has 0 amide bonds. The fourth-order valence-corrected chi connectivity index (χ4v) is 3.08. The minimum Gasteiger partial charge on any atom is -0.481 e. The molecule has 0 aliphatic heterocycles. The third-order valence-electron chi connectivity index (χ3n) is 2.58. The Balaban J connectivity index is 3.04. The Morgan fingerprint density at radius 2 is 1.95 bits per heavy atom. The van der Waals surface area contributed by atoms with E-state index in [0.717, 1.165) is 0 Å². The summed E-state index contributed by atoms with van der Waals surface area (Å²) >= 11 is 0. The Hall–Kier alpha value is -1.45. The fourth-order valence-electron chi connectivity index (χ4n) is 1.71. The van der Waals surface area contributed by atoms with Crippen molar-refractivity contribution in [2.24, 2.45) is 0 Å². The zero-order valence-electron chi connectivity index (χ0n) is 12.8. The summed E-state index contributed by atoms with van der Waals surface area (Å²) in [6.07, 6.45) is -0.132. The van der Waals surface area contributed by atoms with Gasteiger partial charge in [-0.15, -0.1) is 0 Å². The van der Waals surface area contributed by atoms with Gasteiger partial charge in [0.05, 0.1) is 30.0 Å². The number of aryl methyl sites for hydroxylation is 2. The third-order valence-corrected chi connectivity index (χ3v) is 4.01. The van der Waals surface area contributed by atoms with Crippen molar-refractivity contribution in [1.29, 1.82) is 0 Å². The predicted molar refractivity (Wildman–Crippen MR) is 75.1 cm³/mol. The van der Waals surface area contributed by atoms with E-state index in [1.165, 1.54) is 4.68 Å². The van der Waals surface area contributed by atoms with Gasteiger partial charge < -0.3 is 5.11 Å². The summed E-state index contributed by atoms with van der Waals surface area (Å²) in [5.41, 5.74) is -0.00424. The summed E-state index contributed by atoms with van der Waals surface area (Å²) < 4.78 is 25.9. The van der Waals surface area contributed by atoms with Crippen LogP contribution >= 0.6 is 0 Å². The van der Waals surface area contributed by atoms with Gasteiger partial charge in [-0.05, 0) is 34.6 Å². The maximum atomic E-state index is 12.3. The molecule has 9 heteroatoms. The number of carboxylic acids is 1. The predicted octanol–water partition coefficient (Wildman–Crippen LogP) is 0.983. The van der Waals surface area contributed by atoms with Crippen molar-refractivity contribution in [2.75, 3.05) is 0 Å². The van der Waals surface area contributed by atoms with E-state index >= 15 is 0 Å². The largest absolute Gasteiger partial charge is 0.481 e. The number of sulfonamides is 1. The van der Waals surface area contributed by atoms with Crippen molar-refractivity contribution in [3.63, 3.8) is 0 Å². The number of aliphatic carboxylic acids is 1.